The van der Waals surface area contributed by atoms with Crippen LogP contribution >= 0.6 is 0 Å². The Morgan fingerprint density at radius 1 is 1.35 bits per heavy atom. The Balaban J connectivity index is 1.96. The molecule has 0 fully saturated rings. The number of amides is 1. The molecule has 0 aliphatic heterocycles. The molecule has 0 aliphatic carbocycles. The van der Waals surface area contributed by atoms with E-state index in [4.69, 9.17) is 0 Å². The summed E-state index contributed by atoms with van der Waals surface area (Å²) >= 11 is 0. The normalized spacial score (nSPS) is 11.0. The van der Waals surface area contributed by atoms with Crippen molar-refractivity contribution < 1.29 is 9.18 Å². The van der Waals surface area contributed by atoms with Gasteiger partial charge in [-0.15, -0.1) is 0 Å². The van der Waals surface area contributed by atoms with E-state index in [0.29, 0.717) is 28.7 Å². The summed E-state index contributed by atoms with van der Waals surface area (Å²) in [5.74, 6) is -0.492. The van der Waals surface area contributed by atoms with E-state index in [0.717, 1.165) is 5.56 Å². The summed E-state index contributed by atoms with van der Waals surface area (Å²) in [7, 11) is 3.57. The smallest absolute Gasteiger partial charge is 0.254 e. The van der Waals surface area contributed by atoms with Crippen LogP contribution in [0, 0.1) is 12.7 Å². The Kier molecular flexibility index (Phi) is 3.82. The Hall–Kier alpha value is -2.76. The number of hydrogen-bond acceptors (Lipinski definition) is 3. The highest BCUT2D eigenvalue weighted by atomic mass is 19.1. The number of aromatic nitrogens is 3. The number of carbonyl (C=O) groups is 1. The Morgan fingerprint density at radius 2 is 2.13 bits per heavy atom. The molecule has 1 amide bonds. The van der Waals surface area contributed by atoms with Crippen LogP contribution in [0.1, 0.15) is 21.6 Å². The van der Waals surface area contributed by atoms with Crippen LogP contribution in [0.2, 0.25) is 0 Å². The molecule has 0 radical (unpaired) electrons. The third kappa shape index (κ3) is 3.06. The van der Waals surface area contributed by atoms with E-state index in [9.17, 15) is 9.18 Å². The van der Waals surface area contributed by atoms with Crippen molar-refractivity contribution in [3.63, 3.8) is 0 Å². The summed E-state index contributed by atoms with van der Waals surface area (Å²) < 4.78 is 15.1. The Labute approximate surface area is 133 Å². The molecule has 23 heavy (non-hydrogen) atoms. The van der Waals surface area contributed by atoms with Crippen LogP contribution in [0.4, 0.5) is 4.39 Å². The van der Waals surface area contributed by atoms with Crippen molar-refractivity contribution in [2.75, 3.05) is 7.05 Å². The molecule has 2 heterocycles. The van der Waals surface area contributed by atoms with Crippen LogP contribution < -0.4 is 0 Å². The molecule has 0 saturated carbocycles. The third-order valence-electron chi connectivity index (χ3n) is 3.66. The minimum Gasteiger partial charge on any atom is -0.337 e. The minimum atomic E-state index is -0.363. The van der Waals surface area contributed by atoms with Crippen molar-refractivity contribution in [3.05, 3.63) is 59.3 Å². The van der Waals surface area contributed by atoms with E-state index in [-0.39, 0.29) is 11.7 Å². The number of benzene rings is 1. The van der Waals surface area contributed by atoms with Gasteiger partial charge in [-0.3, -0.25) is 14.5 Å². The minimum absolute atomic E-state index is 0.129. The van der Waals surface area contributed by atoms with Gasteiger partial charge in [0.25, 0.3) is 5.91 Å². The Morgan fingerprint density at radius 3 is 2.83 bits per heavy atom. The SMILES string of the molecule is Cc1cc(C(=O)N(C)Cc2cnn(C)c2)c2ccc(F)cc2n1. The van der Waals surface area contributed by atoms with Crippen molar-refractivity contribution in [2.45, 2.75) is 13.5 Å². The lowest BCUT2D eigenvalue weighted by molar-refractivity contribution is 0.0787. The molecule has 0 bridgehead atoms. The van der Waals surface area contributed by atoms with Crippen LogP contribution in [0.15, 0.2) is 36.7 Å². The third-order valence-corrected chi connectivity index (χ3v) is 3.66. The first-order valence-electron chi connectivity index (χ1n) is 7.24. The zero-order chi connectivity index (χ0) is 16.6. The van der Waals surface area contributed by atoms with Crippen LogP contribution in [0.25, 0.3) is 10.9 Å². The number of rotatable bonds is 3. The molecule has 2 aromatic heterocycles. The second kappa shape index (κ2) is 5.79. The van der Waals surface area contributed by atoms with Gasteiger partial charge >= 0.3 is 0 Å². The van der Waals surface area contributed by atoms with E-state index in [1.54, 1.807) is 41.9 Å². The molecule has 1 aromatic carbocycles. The summed E-state index contributed by atoms with van der Waals surface area (Å²) in [4.78, 5) is 18.7. The van der Waals surface area contributed by atoms with Crippen LogP contribution in [0.3, 0.4) is 0 Å². The number of nitrogens with zero attached hydrogens (tertiary/aromatic N) is 4. The monoisotopic (exact) mass is 312 g/mol. The van der Waals surface area contributed by atoms with Crippen molar-refractivity contribution in [1.29, 1.82) is 0 Å². The lowest BCUT2D eigenvalue weighted by Gasteiger charge is -2.18. The number of aryl methyl sites for hydroxylation is 2. The van der Waals surface area contributed by atoms with E-state index in [1.807, 2.05) is 13.2 Å². The van der Waals surface area contributed by atoms with Crippen LogP contribution in [0.5, 0.6) is 0 Å². The summed E-state index contributed by atoms with van der Waals surface area (Å²) in [5.41, 5.74) is 2.65. The molecule has 0 atom stereocenters. The van der Waals surface area contributed by atoms with Gasteiger partial charge in [0.15, 0.2) is 0 Å². The van der Waals surface area contributed by atoms with Crippen LogP contribution in [-0.2, 0) is 13.6 Å². The molecule has 5 nitrogen and oxygen atoms in total. The molecule has 6 heteroatoms. The summed E-state index contributed by atoms with van der Waals surface area (Å²) in [5, 5.41) is 4.76. The molecule has 0 N–H and O–H groups in total. The lowest BCUT2D eigenvalue weighted by atomic mass is 10.1. The molecule has 3 rings (SSSR count). The number of halogens is 1. The zero-order valence-electron chi connectivity index (χ0n) is 13.2. The van der Waals surface area contributed by atoms with Crippen molar-refractivity contribution in [3.8, 4) is 0 Å². The summed E-state index contributed by atoms with van der Waals surface area (Å²) in [6, 6.07) is 6.03. The molecule has 3 aromatic rings. The molecule has 0 unspecified atom stereocenters. The van der Waals surface area contributed by atoms with Crippen molar-refractivity contribution in [1.82, 2.24) is 19.7 Å². The van der Waals surface area contributed by atoms with Gasteiger partial charge in [0.2, 0.25) is 0 Å². The number of pyridine rings is 1. The largest absolute Gasteiger partial charge is 0.337 e. The van der Waals surface area contributed by atoms with Crippen molar-refractivity contribution >= 4 is 16.8 Å². The van der Waals surface area contributed by atoms with Gasteiger partial charge < -0.3 is 4.90 Å². The molecule has 118 valence electrons. The standard InChI is InChI=1S/C17H17FN4O/c1-11-6-15(14-5-4-13(18)7-16(14)20-11)17(23)21(2)9-12-8-19-22(3)10-12/h4-8,10H,9H2,1-3H3. The summed E-state index contributed by atoms with van der Waals surface area (Å²) in [6.45, 7) is 2.25. The molecule has 0 aliphatic rings. The quantitative estimate of drug-likeness (QED) is 0.747. The Bertz CT molecular complexity index is 882. The second-order valence-electron chi connectivity index (χ2n) is 5.66. The van der Waals surface area contributed by atoms with Gasteiger partial charge in [0.1, 0.15) is 5.82 Å². The van der Waals surface area contributed by atoms with E-state index >= 15 is 0 Å². The van der Waals surface area contributed by atoms with Gasteiger partial charge in [0.05, 0.1) is 17.3 Å². The highest BCUT2D eigenvalue weighted by molar-refractivity contribution is 6.06. The van der Waals surface area contributed by atoms with Gasteiger partial charge in [-0.2, -0.15) is 5.10 Å². The average Bonchev–Trinajstić information content (AvgIpc) is 2.90. The lowest BCUT2D eigenvalue weighted by Crippen LogP contribution is -2.26. The number of fused-ring (bicyclic) bond motifs is 1. The fourth-order valence-electron chi connectivity index (χ4n) is 2.62. The average molecular weight is 312 g/mol. The van der Waals surface area contributed by atoms with Crippen molar-refractivity contribution in [2.24, 2.45) is 7.05 Å². The maximum absolute atomic E-state index is 13.4. The first kappa shape index (κ1) is 15.1. The molecular weight excluding hydrogens is 295 g/mol. The first-order chi connectivity index (χ1) is 10.9. The fraction of sp³-hybridized carbons (Fsp3) is 0.235. The van der Waals surface area contributed by atoms with Gasteiger partial charge in [-0.05, 0) is 25.1 Å². The highest BCUT2D eigenvalue weighted by Gasteiger charge is 2.17. The fourth-order valence-corrected chi connectivity index (χ4v) is 2.62. The molecule has 0 spiro atoms. The number of carbonyl (C=O) groups excluding carboxylic acids is 1. The first-order valence-corrected chi connectivity index (χ1v) is 7.24. The predicted molar refractivity (Wildman–Crippen MR) is 85.4 cm³/mol. The van der Waals surface area contributed by atoms with Gasteiger partial charge in [-0.25, -0.2) is 4.39 Å². The maximum atomic E-state index is 13.4. The molecular formula is C17H17FN4O. The highest BCUT2D eigenvalue weighted by Crippen LogP contribution is 2.21. The topological polar surface area (TPSA) is 51.0 Å². The van der Waals surface area contributed by atoms with Gasteiger partial charge in [-0.1, -0.05) is 0 Å². The molecule has 0 saturated heterocycles. The van der Waals surface area contributed by atoms with E-state index < -0.39 is 0 Å². The second-order valence-corrected chi connectivity index (χ2v) is 5.66. The maximum Gasteiger partial charge on any atom is 0.254 e. The van der Waals surface area contributed by atoms with E-state index in [2.05, 4.69) is 10.1 Å². The summed E-state index contributed by atoms with van der Waals surface area (Å²) in [6.07, 6.45) is 3.60. The predicted octanol–water partition coefficient (Wildman–Crippen LogP) is 2.69. The zero-order valence-corrected chi connectivity index (χ0v) is 13.2. The number of hydrogen-bond donors (Lipinski definition) is 0. The van der Waals surface area contributed by atoms with E-state index in [1.165, 1.54) is 12.1 Å². The van der Waals surface area contributed by atoms with Gasteiger partial charge in [0, 0.05) is 49.5 Å². The van der Waals surface area contributed by atoms with Crippen LogP contribution in [-0.4, -0.2) is 32.6 Å².